The Hall–Kier alpha value is -1.02. The molecule has 2 rings (SSSR count). The Morgan fingerprint density at radius 1 is 1.24 bits per heavy atom. The zero-order valence-electron chi connectivity index (χ0n) is 13.4. The van der Waals surface area contributed by atoms with E-state index in [1.54, 1.807) is 0 Å². The Morgan fingerprint density at radius 3 is 2.62 bits per heavy atom. The highest BCUT2D eigenvalue weighted by molar-refractivity contribution is 4.98. The third kappa shape index (κ3) is 4.23. The molecule has 7 heteroatoms. The molecule has 0 bridgehead atoms. The minimum atomic E-state index is -0.574. The first kappa shape index (κ1) is 16.4. The number of likely N-dealkylation sites (N-methyl/N-ethyl adjacent to an activating group) is 2. The van der Waals surface area contributed by atoms with E-state index in [4.69, 9.17) is 14.0 Å². The molecule has 21 heavy (non-hydrogen) atoms. The minimum absolute atomic E-state index is 0.138. The van der Waals surface area contributed by atoms with E-state index >= 15 is 0 Å². The molecule has 1 saturated heterocycles. The van der Waals surface area contributed by atoms with Gasteiger partial charge in [0.15, 0.2) is 5.82 Å². The van der Waals surface area contributed by atoms with Gasteiger partial charge in [0.25, 0.3) is 5.89 Å². The molecule has 1 unspecified atom stereocenters. The molecule has 1 fully saturated rings. The maximum atomic E-state index is 5.50. The van der Waals surface area contributed by atoms with Gasteiger partial charge in [0.1, 0.15) is 0 Å². The Balaban J connectivity index is 2.13. The lowest BCUT2D eigenvalue weighted by atomic mass is 10.2. The van der Waals surface area contributed by atoms with Gasteiger partial charge < -0.3 is 18.9 Å². The quantitative estimate of drug-likeness (QED) is 0.736. The molecule has 1 aromatic heterocycles. The van der Waals surface area contributed by atoms with Crippen LogP contribution in [-0.4, -0.2) is 66.9 Å². The summed E-state index contributed by atoms with van der Waals surface area (Å²) in [5, 5.41) is 4.14. The van der Waals surface area contributed by atoms with E-state index in [1.807, 2.05) is 13.8 Å². The first-order valence-electron chi connectivity index (χ1n) is 7.61. The average molecular weight is 298 g/mol. The zero-order valence-corrected chi connectivity index (χ0v) is 13.4. The summed E-state index contributed by atoms with van der Waals surface area (Å²) < 4.78 is 16.4. The standard InChI is InChI=1S/C14H26N4O3/c1-5-19-14(20-6-2)13-15-12(16-21-13)11-10-17(3)8-7-9-18(11)4/h11,14H,5-10H2,1-4H3. The van der Waals surface area contributed by atoms with E-state index in [0.29, 0.717) is 24.9 Å². The lowest BCUT2D eigenvalue weighted by molar-refractivity contribution is -0.155. The minimum Gasteiger partial charge on any atom is -0.345 e. The highest BCUT2D eigenvalue weighted by atomic mass is 16.7. The highest BCUT2D eigenvalue weighted by Gasteiger charge is 2.28. The van der Waals surface area contributed by atoms with Crippen molar-refractivity contribution >= 4 is 0 Å². The van der Waals surface area contributed by atoms with Gasteiger partial charge in [-0.25, -0.2) is 0 Å². The lowest BCUT2D eigenvalue weighted by Gasteiger charge is -2.24. The number of rotatable bonds is 6. The van der Waals surface area contributed by atoms with Crippen LogP contribution in [0.25, 0.3) is 0 Å². The van der Waals surface area contributed by atoms with Crippen molar-refractivity contribution in [3.05, 3.63) is 11.7 Å². The molecule has 7 nitrogen and oxygen atoms in total. The number of ether oxygens (including phenoxy) is 2. The van der Waals surface area contributed by atoms with E-state index in [-0.39, 0.29) is 6.04 Å². The van der Waals surface area contributed by atoms with Crippen molar-refractivity contribution in [2.24, 2.45) is 0 Å². The molecule has 1 aliphatic rings. The summed E-state index contributed by atoms with van der Waals surface area (Å²) in [4.78, 5) is 9.07. The first-order chi connectivity index (χ1) is 10.2. The number of hydrogen-bond donors (Lipinski definition) is 0. The molecule has 1 aliphatic heterocycles. The monoisotopic (exact) mass is 298 g/mol. The summed E-state index contributed by atoms with van der Waals surface area (Å²) in [7, 11) is 4.22. The van der Waals surface area contributed by atoms with Crippen LogP contribution in [0.3, 0.4) is 0 Å². The lowest BCUT2D eigenvalue weighted by Crippen LogP contribution is -2.31. The van der Waals surface area contributed by atoms with E-state index in [0.717, 1.165) is 26.1 Å². The van der Waals surface area contributed by atoms with Crippen LogP contribution in [0, 0.1) is 0 Å². The molecule has 0 aliphatic carbocycles. The van der Waals surface area contributed by atoms with Gasteiger partial charge in [-0.15, -0.1) is 0 Å². The van der Waals surface area contributed by atoms with E-state index in [1.165, 1.54) is 0 Å². The summed E-state index contributed by atoms with van der Waals surface area (Å²) >= 11 is 0. The molecule has 0 spiro atoms. The van der Waals surface area contributed by atoms with Gasteiger partial charge in [0, 0.05) is 19.8 Å². The van der Waals surface area contributed by atoms with Gasteiger partial charge in [-0.3, -0.25) is 4.90 Å². The summed E-state index contributed by atoms with van der Waals surface area (Å²) in [6.45, 7) is 7.91. The fourth-order valence-corrected chi connectivity index (χ4v) is 2.52. The highest BCUT2D eigenvalue weighted by Crippen LogP contribution is 2.23. The summed E-state index contributed by atoms with van der Waals surface area (Å²) in [5.41, 5.74) is 0. The van der Waals surface area contributed by atoms with Crippen molar-refractivity contribution in [2.75, 3.05) is 46.9 Å². The van der Waals surface area contributed by atoms with E-state index in [2.05, 4.69) is 34.0 Å². The fourth-order valence-electron chi connectivity index (χ4n) is 2.52. The maximum absolute atomic E-state index is 5.50. The smallest absolute Gasteiger partial charge is 0.283 e. The van der Waals surface area contributed by atoms with E-state index in [9.17, 15) is 0 Å². The number of nitrogens with zero attached hydrogens (tertiary/aromatic N) is 4. The van der Waals surface area contributed by atoms with Crippen LogP contribution < -0.4 is 0 Å². The third-order valence-electron chi connectivity index (χ3n) is 3.66. The van der Waals surface area contributed by atoms with Gasteiger partial charge in [-0.05, 0) is 47.5 Å². The van der Waals surface area contributed by atoms with Gasteiger partial charge in [-0.2, -0.15) is 4.98 Å². The molecule has 0 N–H and O–H groups in total. The van der Waals surface area contributed by atoms with Crippen LogP contribution in [0.1, 0.15) is 44.3 Å². The van der Waals surface area contributed by atoms with Gasteiger partial charge in [0.05, 0.1) is 6.04 Å². The number of aromatic nitrogens is 2. The molecule has 0 saturated carbocycles. The number of hydrogen-bond acceptors (Lipinski definition) is 7. The van der Waals surface area contributed by atoms with Crippen molar-refractivity contribution in [3.63, 3.8) is 0 Å². The largest absolute Gasteiger partial charge is 0.345 e. The Kier molecular flexibility index (Phi) is 6.10. The molecule has 0 aromatic carbocycles. The second kappa shape index (κ2) is 7.84. The molecule has 1 aromatic rings. The normalized spacial score (nSPS) is 21.9. The second-order valence-corrected chi connectivity index (χ2v) is 5.35. The Morgan fingerprint density at radius 2 is 1.95 bits per heavy atom. The SMILES string of the molecule is CCOC(OCC)c1nc(C2CN(C)CCCN2C)no1. The maximum Gasteiger partial charge on any atom is 0.283 e. The summed E-state index contributed by atoms with van der Waals surface area (Å²) in [6, 6.07) is 0.138. The third-order valence-corrected chi connectivity index (χ3v) is 3.66. The van der Waals surface area contributed by atoms with Crippen LogP contribution >= 0.6 is 0 Å². The van der Waals surface area contributed by atoms with Gasteiger partial charge >= 0.3 is 0 Å². The molecular weight excluding hydrogens is 272 g/mol. The molecule has 0 radical (unpaired) electrons. The zero-order chi connectivity index (χ0) is 15.2. The van der Waals surface area contributed by atoms with Crippen molar-refractivity contribution < 1.29 is 14.0 Å². The van der Waals surface area contributed by atoms with Gasteiger partial charge in [0.2, 0.25) is 6.29 Å². The first-order valence-corrected chi connectivity index (χ1v) is 7.61. The molecule has 1 atom stereocenters. The van der Waals surface area contributed by atoms with Crippen molar-refractivity contribution in [2.45, 2.75) is 32.6 Å². The van der Waals surface area contributed by atoms with Crippen LogP contribution in [0.4, 0.5) is 0 Å². The molecule has 2 heterocycles. The summed E-state index contributed by atoms with van der Waals surface area (Å²) in [6.07, 6.45) is 0.574. The van der Waals surface area contributed by atoms with Crippen LogP contribution in [0.15, 0.2) is 4.52 Å². The topological polar surface area (TPSA) is 63.9 Å². The molecular formula is C14H26N4O3. The fraction of sp³-hybridized carbons (Fsp3) is 0.857. The second-order valence-electron chi connectivity index (χ2n) is 5.35. The van der Waals surface area contributed by atoms with Crippen LogP contribution in [0.5, 0.6) is 0 Å². The van der Waals surface area contributed by atoms with Crippen molar-refractivity contribution in [1.29, 1.82) is 0 Å². The molecule has 120 valence electrons. The Bertz CT molecular complexity index is 420. The van der Waals surface area contributed by atoms with Gasteiger partial charge in [-0.1, -0.05) is 5.16 Å². The predicted octanol–water partition coefficient (Wildman–Crippen LogP) is 1.45. The molecule has 0 amide bonds. The van der Waals surface area contributed by atoms with E-state index < -0.39 is 6.29 Å². The van der Waals surface area contributed by atoms with Crippen molar-refractivity contribution in [1.82, 2.24) is 19.9 Å². The van der Waals surface area contributed by atoms with Crippen LogP contribution in [0.2, 0.25) is 0 Å². The Labute approximate surface area is 126 Å². The predicted molar refractivity (Wildman–Crippen MR) is 77.8 cm³/mol. The average Bonchev–Trinajstić information content (AvgIpc) is 2.87. The summed E-state index contributed by atoms with van der Waals surface area (Å²) in [5.74, 6) is 1.10. The van der Waals surface area contributed by atoms with Crippen molar-refractivity contribution in [3.8, 4) is 0 Å². The van der Waals surface area contributed by atoms with Crippen LogP contribution in [-0.2, 0) is 9.47 Å².